The number of hydrogen-bond acceptors (Lipinski definition) is 11. The SMILES string of the molecule is C=NCc1cccc2c1OCCO2.C=NN(CC(=O)Nc1ccc(C(F)(F)F)cc1Cl)C(=O)/C(=C(/CC)NC)N1CCN(C(=O)c2[nH]nc(C)c2O)CC1.CC. The molecule has 1 saturated heterocycles. The van der Waals surface area contributed by atoms with E-state index in [1.165, 1.54) is 4.90 Å². The minimum Gasteiger partial charge on any atom is -0.504 e. The lowest BCUT2D eigenvalue weighted by Crippen LogP contribution is -2.51. The number of nitrogens with zero attached hydrogens (tertiary/aromatic N) is 6. The Hall–Kier alpha value is -5.78. The molecule has 0 saturated carbocycles. The number of allylic oxidation sites excluding steroid dienone is 1. The lowest BCUT2D eigenvalue weighted by atomic mass is 10.1. The zero-order valence-electron chi connectivity index (χ0n) is 31.9. The van der Waals surface area contributed by atoms with Crippen molar-refractivity contribution < 1.29 is 42.1 Å². The molecular weight excluding hydrogens is 759 g/mol. The summed E-state index contributed by atoms with van der Waals surface area (Å²) in [5, 5.41) is 26.0. The largest absolute Gasteiger partial charge is 0.504 e. The number of carbonyl (C=O) groups excluding carboxylic acids is 3. The molecule has 2 aliphatic heterocycles. The summed E-state index contributed by atoms with van der Waals surface area (Å²) in [5.41, 5.74) is 1.04. The van der Waals surface area contributed by atoms with E-state index in [1.807, 2.05) is 39.0 Å². The summed E-state index contributed by atoms with van der Waals surface area (Å²) in [6, 6.07) is 8.30. The average Bonchev–Trinajstić information content (AvgIpc) is 3.54. The maximum absolute atomic E-state index is 13.6. The topological polar surface area (TPSA) is 177 Å². The molecule has 4 N–H and O–H groups in total. The van der Waals surface area contributed by atoms with Gasteiger partial charge in [-0.1, -0.05) is 44.5 Å². The summed E-state index contributed by atoms with van der Waals surface area (Å²) in [6.45, 7) is 16.4. The highest BCUT2D eigenvalue weighted by molar-refractivity contribution is 6.33. The van der Waals surface area contributed by atoms with Gasteiger partial charge in [-0.3, -0.25) is 24.5 Å². The van der Waals surface area contributed by atoms with Crippen LogP contribution in [0.3, 0.4) is 0 Å². The van der Waals surface area contributed by atoms with E-state index >= 15 is 0 Å². The first-order valence-corrected chi connectivity index (χ1v) is 18.1. The number of halogens is 4. The fourth-order valence-electron chi connectivity index (χ4n) is 5.59. The van der Waals surface area contributed by atoms with Gasteiger partial charge in [0, 0.05) is 51.2 Å². The maximum atomic E-state index is 13.6. The first kappa shape index (κ1) is 44.6. The number of fused-ring (bicyclic) bond motifs is 1. The van der Waals surface area contributed by atoms with Gasteiger partial charge in [0.05, 0.1) is 22.8 Å². The smallest absolute Gasteiger partial charge is 0.416 e. The Morgan fingerprint density at radius 3 is 2.29 bits per heavy atom. The number of carbonyl (C=O) groups is 3. The number of hydrazone groups is 1. The first-order chi connectivity index (χ1) is 26.7. The Morgan fingerprint density at radius 1 is 1.07 bits per heavy atom. The second-order valence-electron chi connectivity index (χ2n) is 11.8. The molecule has 3 aromatic rings. The van der Waals surface area contributed by atoms with Crippen LogP contribution in [0.4, 0.5) is 18.9 Å². The van der Waals surface area contributed by atoms with Crippen LogP contribution in [0, 0.1) is 6.92 Å². The predicted molar refractivity (Wildman–Crippen MR) is 207 cm³/mol. The number of aliphatic imine (C=N–C) groups is 1. The van der Waals surface area contributed by atoms with E-state index in [9.17, 15) is 32.7 Å². The minimum absolute atomic E-state index is 0.0199. The summed E-state index contributed by atoms with van der Waals surface area (Å²) in [7, 11) is 1.64. The third-order valence-electron chi connectivity index (χ3n) is 8.35. The molecule has 3 amide bonds. The molecule has 0 unspecified atom stereocenters. The number of aromatic amines is 1. The number of aromatic hydroxyl groups is 1. The molecule has 0 bridgehead atoms. The lowest BCUT2D eigenvalue weighted by Gasteiger charge is -2.38. The number of benzene rings is 2. The normalized spacial score (nSPS) is 13.8. The molecule has 5 rings (SSSR count). The van der Waals surface area contributed by atoms with Gasteiger partial charge in [0.2, 0.25) is 5.91 Å². The van der Waals surface area contributed by atoms with E-state index in [-0.39, 0.29) is 54.0 Å². The highest BCUT2D eigenvalue weighted by Gasteiger charge is 2.33. The fraction of sp³-hybridized carbons (Fsp3) is 0.405. The Kier molecular flexibility index (Phi) is 16.6. The number of anilines is 1. The quantitative estimate of drug-likeness (QED) is 0.111. The van der Waals surface area contributed by atoms with Crippen molar-refractivity contribution in [3.05, 3.63) is 75.3 Å². The summed E-state index contributed by atoms with van der Waals surface area (Å²) in [4.78, 5) is 46.3. The number of H-pyrrole nitrogens is 1. The monoisotopic (exact) mass is 805 g/mol. The Bertz CT molecular complexity index is 1890. The summed E-state index contributed by atoms with van der Waals surface area (Å²) in [5.74, 6) is -0.438. The molecule has 0 spiro atoms. The number of aromatic nitrogens is 2. The third-order valence-corrected chi connectivity index (χ3v) is 8.67. The van der Waals surface area contributed by atoms with Crippen molar-refractivity contribution in [2.75, 3.05) is 58.3 Å². The van der Waals surface area contributed by atoms with Crippen molar-refractivity contribution in [2.45, 2.75) is 46.8 Å². The fourth-order valence-corrected chi connectivity index (χ4v) is 5.82. The van der Waals surface area contributed by atoms with E-state index in [0.717, 1.165) is 34.2 Å². The van der Waals surface area contributed by atoms with Gasteiger partial charge in [0.15, 0.2) is 22.9 Å². The van der Waals surface area contributed by atoms with Gasteiger partial charge in [-0.05, 0) is 44.3 Å². The van der Waals surface area contributed by atoms with Crippen LogP contribution in [0.1, 0.15) is 54.5 Å². The third kappa shape index (κ3) is 11.1. The molecule has 0 atom stereocenters. The zero-order chi connectivity index (χ0) is 41.6. The molecule has 56 heavy (non-hydrogen) atoms. The Balaban J connectivity index is 0.000000466. The van der Waals surface area contributed by atoms with Crippen molar-refractivity contribution >= 4 is 48.4 Å². The summed E-state index contributed by atoms with van der Waals surface area (Å²) >= 11 is 5.93. The van der Waals surface area contributed by atoms with E-state index in [0.29, 0.717) is 43.6 Å². The maximum Gasteiger partial charge on any atom is 0.416 e. The van der Waals surface area contributed by atoms with Crippen LogP contribution in [0.2, 0.25) is 5.02 Å². The van der Waals surface area contributed by atoms with Crippen molar-refractivity contribution in [3.63, 3.8) is 0 Å². The number of amides is 3. The summed E-state index contributed by atoms with van der Waals surface area (Å²) in [6.07, 6.45) is -4.18. The standard InChI is InChI=1S/C25H30ClF3N8O4.C10H11NO2.C2H6/c1-5-17(30-3)21(35-8-10-36(11-9-35)23(40)20-22(39)14(2)33-34-20)24(41)37(31-4)13-19(38)32-18-7-6-15(12-16(18)26)25(27,28)29;1-11-7-8-3-2-4-9-10(8)13-6-5-12-9;1-2/h6-7,12,30,39H,4-5,8-11,13H2,1-3H3,(H,32,38)(H,33,34);2-4H,1,5-7H2;1-2H3/b21-17+;;. The van der Waals surface area contributed by atoms with Gasteiger partial charge in [-0.2, -0.15) is 23.4 Å². The van der Waals surface area contributed by atoms with Gasteiger partial charge < -0.3 is 35.0 Å². The number of hydrogen-bond donors (Lipinski definition) is 4. The molecule has 1 aromatic heterocycles. The molecule has 3 heterocycles. The number of rotatable bonds is 11. The van der Waals surface area contributed by atoms with Gasteiger partial charge >= 0.3 is 6.18 Å². The molecule has 15 nitrogen and oxygen atoms in total. The van der Waals surface area contributed by atoms with Crippen molar-refractivity contribution in [2.24, 2.45) is 10.1 Å². The van der Waals surface area contributed by atoms with Crippen molar-refractivity contribution in [1.82, 2.24) is 30.3 Å². The van der Waals surface area contributed by atoms with Crippen LogP contribution in [-0.4, -0.2) is 114 Å². The number of piperazine rings is 1. The molecule has 2 aromatic carbocycles. The highest BCUT2D eigenvalue weighted by Crippen LogP contribution is 2.35. The highest BCUT2D eigenvalue weighted by atomic mass is 35.5. The van der Waals surface area contributed by atoms with E-state index in [4.69, 9.17) is 21.1 Å². The number of para-hydroxylation sites is 1. The second kappa shape index (κ2) is 20.8. The van der Waals surface area contributed by atoms with Crippen molar-refractivity contribution in [3.8, 4) is 17.2 Å². The second-order valence-corrected chi connectivity index (χ2v) is 12.2. The number of aryl methyl sites for hydroxylation is 1. The lowest BCUT2D eigenvalue weighted by molar-refractivity contribution is -0.137. The molecule has 0 aliphatic carbocycles. The van der Waals surface area contributed by atoms with Crippen molar-refractivity contribution in [1.29, 1.82) is 0 Å². The molecular formula is C37H47ClF3N9O6. The number of ether oxygens (including phenoxy) is 2. The van der Waals surface area contributed by atoms with Crippen LogP contribution >= 0.6 is 11.6 Å². The molecule has 2 aliphatic rings. The van der Waals surface area contributed by atoms with E-state index < -0.39 is 36.0 Å². The Labute approximate surface area is 328 Å². The molecule has 0 radical (unpaired) electrons. The van der Waals surface area contributed by atoms with Crippen LogP contribution in [0.5, 0.6) is 17.2 Å². The van der Waals surface area contributed by atoms with Crippen LogP contribution in [0.25, 0.3) is 0 Å². The molecule has 19 heteroatoms. The van der Waals surface area contributed by atoms with E-state index in [1.54, 1.807) is 18.9 Å². The zero-order valence-corrected chi connectivity index (χ0v) is 32.7. The van der Waals surface area contributed by atoms with E-state index in [2.05, 4.69) is 44.4 Å². The number of nitrogens with one attached hydrogen (secondary N) is 3. The van der Waals surface area contributed by atoms with Gasteiger partial charge in [-0.25, -0.2) is 5.01 Å². The van der Waals surface area contributed by atoms with Crippen LogP contribution in [0.15, 0.2) is 57.9 Å². The molecule has 1 fully saturated rings. The minimum atomic E-state index is -4.60. The predicted octanol–water partition coefficient (Wildman–Crippen LogP) is 5.46. The van der Waals surface area contributed by atoms with Gasteiger partial charge in [-0.15, -0.1) is 0 Å². The molecule has 304 valence electrons. The van der Waals surface area contributed by atoms with Crippen LogP contribution in [-0.2, 0) is 22.3 Å². The number of alkyl halides is 3. The van der Waals surface area contributed by atoms with Gasteiger partial charge in [0.25, 0.3) is 11.8 Å². The van der Waals surface area contributed by atoms with Crippen LogP contribution < -0.4 is 20.1 Å². The Morgan fingerprint density at radius 2 is 1.73 bits per heavy atom. The van der Waals surface area contributed by atoms with Gasteiger partial charge in [0.1, 0.15) is 31.1 Å². The average molecular weight is 806 g/mol. The summed E-state index contributed by atoms with van der Waals surface area (Å²) < 4.78 is 49.7. The first-order valence-electron chi connectivity index (χ1n) is 17.7.